The molecule has 1 unspecified atom stereocenters. The Kier molecular flexibility index (Phi) is 6.66. The van der Waals surface area contributed by atoms with Crippen LogP contribution >= 0.6 is 24.0 Å². The average Bonchev–Trinajstić information content (AvgIpc) is 3.23. The van der Waals surface area contributed by atoms with Gasteiger partial charge in [-0.05, 0) is 32.0 Å². The molecule has 0 amide bonds. The number of nitrogens with one attached hydrogen (secondary N) is 1. The Balaban J connectivity index is 0.00000241. The number of piperidine rings is 1. The minimum absolute atomic E-state index is 0. The summed E-state index contributed by atoms with van der Waals surface area (Å²) in [7, 11) is 0. The zero-order chi connectivity index (χ0) is 22.4. The van der Waals surface area contributed by atoms with Crippen LogP contribution in [0.5, 0.6) is 11.5 Å². The third-order valence-electron chi connectivity index (χ3n) is 6.93. The second kappa shape index (κ2) is 9.70. The van der Waals surface area contributed by atoms with E-state index >= 15 is 0 Å². The van der Waals surface area contributed by atoms with Crippen LogP contribution in [0.3, 0.4) is 0 Å². The smallest absolute Gasteiger partial charge is 0.251 e. The van der Waals surface area contributed by atoms with Gasteiger partial charge in [0.15, 0.2) is 11.5 Å². The summed E-state index contributed by atoms with van der Waals surface area (Å²) >= 11 is 6.54. The van der Waals surface area contributed by atoms with Crippen molar-refractivity contribution in [3.05, 3.63) is 57.2 Å². The van der Waals surface area contributed by atoms with Crippen LogP contribution in [-0.4, -0.2) is 58.3 Å². The van der Waals surface area contributed by atoms with Gasteiger partial charge < -0.3 is 24.3 Å². The van der Waals surface area contributed by atoms with Crippen LogP contribution in [0.2, 0.25) is 5.02 Å². The van der Waals surface area contributed by atoms with Crippen molar-refractivity contribution >= 4 is 35.0 Å². The van der Waals surface area contributed by atoms with Gasteiger partial charge in [-0.1, -0.05) is 11.6 Å². The number of fused-ring (bicyclic) bond motifs is 1. The molecule has 0 aromatic carbocycles. The van der Waals surface area contributed by atoms with E-state index < -0.39 is 0 Å². The predicted octanol–water partition coefficient (Wildman–Crippen LogP) is 2.99. The van der Waals surface area contributed by atoms with Crippen LogP contribution in [0.25, 0.3) is 11.0 Å². The van der Waals surface area contributed by atoms with Gasteiger partial charge in [0.25, 0.3) is 5.56 Å². The molecule has 0 bridgehead atoms. The average molecular weight is 504 g/mol. The summed E-state index contributed by atoms with van der Waals surface area (Å²) in [4.78, 5) is 23.8. The van der Waals surface area contributed by atoms with E-state index in [-0.39, 0.29) is 23.9 Å². The van der Waals surface area contributed by atoms with Gasteiger partial charge in [-0.25, -0.2) is 0 Å². The Labute approximate surface area is 208 Å². The standard InChI is InChI=1S/C24H26ClN5O3.ClH/c25-18-11-28-19-1-2-22(31)30-14-15(23(18)24(19)30)13-29-5-3-16(4-6-29)26-10-17-9-20-21(12-27-17)33-8-7-32-20;/h1-2,9,11-12,15-16,26H,3-8,10,13-14H2;1H. The highest BCUT2D eigenvalue weighted by Crippen LogP contribution is 2.37. The van der Waals surface area contributed by atoms with Gasteiger partial charge in [-0.15, -0.1) is 12.4 Å². The fourth-order valence-electron chi connectivity index (χ4n) is 5.26. The monoisotopic (exact) mass is 503 g/mol. The SMILES string of the molecule is Cl.O=c1ccc2ncc(Cl)c3c2n1CC3CN1CCC(NCc2cc3c(cn2)OCCO3)CC1. The molecule has 180 valence electrons. The predicted molar refractivity (Wildman–Crippen MR) is 133 cm³/mol. The highest BCUT2D eigenvalue weighted by atomic mass is 35.5. The molecule has 0 aliphatic carbocycles. The first-order valence-corrected chi connectivity index (χ1v) is 11.9. The van der Waals surface area contributed by atoms with Crippen molar-refractivity contribution in [3.63, 3.8) is 0 Å². The van der Waals surface area contributed by atoms with Crippen LogP contribution in [0.1, 0.15) is 30.0 Å². The molecule has 1 N–H and O–H groups in total. The number of pyridine rings is 3. The highest BCUT2D eigenvalue weighted by molar-refractivity contribution is 6.32. The van der Waals surface area contributed by atoms with Crippen LogP contribution in [0, 0.1) is 0 Å². The maximum absolute atomic E-state index is 12.4. The molecular weight excluding hydrogens is 477 g/mol. The Hall–Kier alpha value is -2.39. The molecule has 10 heteroatoms. The van der Waals surface area contributed by atoms with Crippen molar-refractivity contribution in [2.75, 3.05) is 32.8 Å². The topological polar surface area (TPSA) is 81.5 Å². The quantitative estimate of drug-likeness (QED) is 0.572. The minimum Gasteiger partial charge on any atom is -0.486 e. The van der Waals surface area contributed by atoms with Crippen LogP contribution in [0.4, 0.5) is 0 Å². The lowest BCUT2D eigenvalue weighted by molar-refractivity contribution is 0.170. The first-order valence-electron chi connectivity index (χ1n) is 11.5. The maximum atomic E-state index is 12.4. The van der Waals surface area contributed by atoms with E-state index in [1.807, 2.05) is 10.6 Å². The van der Waals surface area contributed by atoms with Gasteiger partial charge >= 0.3 is 0 Å². The zero-order valence-electron chi connectivity index (χ0n) is 18.7. The summed E-state index contributed by atoms with van der Waals surface area (Å²) in [5, 5.41) is 4.31. The molecule has 6 rings (SSSR count). The molecule has 8 nitrogen and oxygen atoms in total. The first-order chi connectivity index (χ1) is 16.2. The molecule has 1 fully saturated rings. The second-order valence-corrected chi connectivity index (χ2v) is 9.42. The summed E-state index contributed by atoms with van der Waals surface area (Å²) in [6.45, 7) is 5.47. The van der Waals surface area contributed by atoms with Gasteiger partial charge in [0.2, 0.25) is 0 Å². The van der Waals surface area contributed by atoms with Gasteiger partial charge in [0.05, 0.1) is 27.9 Å². The van der Waals surface area contributed by atoms with E-state index in [1.165, 1.54) is 0 Å². The largest absolute Gasteiger partial charge is 0.486 e. The van der Waals surface area contributed by atoms with Crippen LogP contribution < -0.4 is 20.3 Å². The minimum atomic E-state index is 0. The number of likely N-dealkylation sites (tertiary alicyclic amines) is 1. The van der Waals surface area contributed by atoms with Crippen molar-refractivity contribution in [2.45, 2.75) is 37.9 Å². The van der Waals surface area contributed by atoms with Gasteiger partial charge in [-0.2, -0.15) is 0 Å². The number of hydrogen-bond acceptors (Lipinski definition) is 7. The molecule has 34 heavy (non-hydrogen) atoms. The molecule has 3 aromatic rings. The van der Waals surface area contributed by atoms with Crippen molar-refractivity contribution in [2.24, 2.45) is 0 Å². The third kappa shape index (κ3) is 4.35. The molecule has 3 aromatic heterocycles. The van der Waals surface area contributed by atoms with E-state index in [0.717, 1.165) is 66.3 Å². The molecule has 3 aliphatic heterocycles. The van der Waals surface area contributed by atoms with Crippen LogP contribution in [-0.2, 0) is 13.1 Å². The lowest BCUT2D eigenvalue weighted by Gasteiger charge is -2.34. The molecule has 0 spiro atoms. The molecule has 3 aliphatic rings. The van der Waals surface area contributed by atoms with E-state index in [4.69, 9.17) is 21.1 Å². The van der Waals surface area contributed by atoms with E-state index in [9.17, 15) is 4.79 Å². The maximum Gasteiger partial charge on any atom is 0.251 e. The van der Waals surface area contributed by atoms with E-state index in [0.29, 0.717) is 37.4 Å². The van der Waals surface area contributed by atoms with Gasteiger partial charge in [0, 0.05) is 55.5 Å². The normalized spacial score (nSPS) is 19.9. The Morgan fingerprint density at radius 2 is 1.88 bits per heavy atom. The summed E-state index contributed by atoms with van der Waals surface area (Å²) in [6.07, 6.45) is 5.61. The number of halogens is 2. The fourth-order valence-corrected chi connectivity index (χ4v) is 5.55. The molecule has 0 saturated carbocycles. The highest BCUT2D eigenvalue weighted by Gasteiger charge is 2.31. The number of rotatable bonds is 5. The zero-order valence-corrected chi connectivity index (χ0v) is 20.3. The second-order valence-electron chi connectivity index (χ2n) is 9.01. The number of nitrogens with zero attached hydrogens (tertiary/aromatic N) is 4. The lowest BCUT2D eigenvalue weighted by Crippen LogP contribution is -2.43. The van der Waals surface area contributed by atoms with Crippen molar-refractivity contribution in [1.29, 1.82) is 0 Å². The summed E-state index contributed by atoms with van der Waals surface area (Å²) in [5.74, 6) is 1.72. The number of aromatic nitrogens is 3. The third-order valence-corrected chi connectivity index (χ3v) is 7.23. The van der Waals surface area contributed by atoms with E-state index in [2.05, 4.69) is 20.2 Å². The Morgan fingerprint density at radius 3 is 2.71 bits per heavy atom. The molecule has 1 saturated heterocycles. The number of hydrogen-bond donors (Lipinski definition) is 1. The molecule has 6 heterocycles. The molecule has 1 atom stereocenters. The first kappa shape index (κ1) is 23.4. The lowest BCUT2D eigenvalue weighted by atomic mass is 9.98. The number of ether oxygens (including phenoxy) is 2. The van der Waals surface area contributed by atoms with Crippen molar-refractivity contribution in [1.82, 2.24) is 24.8 Å². The van der Waals surface area contributed by atoms with Crippen LogP contribution in [0.15, 0.2) is 35.4 Å². The Bertz CT molecular complexity index is 1260. The molecule has 0 radical (unpaired) electrons. The van der Waals surface area contributed by atoms with Crippen molar-refractivity contribution in [3.8, 4) is 11.5 Å². The fraction of sp³-hybridized carbons (Fsp3) is 0.458. The van der Waals surface area contributed by atoms with Crippen molar-refractivity contribution < 1.29 is 9.47 Å². The Morgan fingerprint density at radius 1 is 1.09 bits per heavy atom. The van der Waals surface area contributed by atoms with E-state index in [1.54, 1.807) is 24.5 Å². The summed E-state index contributed by atoms with van der Waals surface area (Å²) in [5.41, 5.74) is 3.80. The summed E-state index contributed by atoms with van der Waals surface area (Å²) in [6, 6.07) is 5.82. The summed E-state index contributed by atoms with van der Waals surface area (Å²) < 4.78 is 13.0. The van der Waals surface area contributed by atoms with Gasteiger partial charge in [-0.3, -0.25) is 14.8 Å². The molecular formula is C24H27Cl2N5O3. The van der Waals surface area contributed by atoms with Gasteiger partial charge in [0.1, 0.15) is 13.2 Å².